The quantitative estimate of drug-likeness (QED) is 0.0918. The summed E-state index contributed by atoms with van der Waals surface area (Å²) in [6.45, 7) is 34.0. The van der Waals surface area contributed by atoms with Crippen molar-refractivity contribution >= 4 is 64.7 Å². The van der Waals surface area contributed by atoms with Crippen LogP contribution in [0, 0.1) is 47.3 Å². The van der Waals surface area contributed by atoms with Crippen molar-refractivity contribution in [2.75, 3.05) is 88.8 Å². The van der Waals surface area contributed by atoms with Crippen molar-refractivity contribution in [2.24, 2.45) is 47.3 Å². The molecule has 2 saturated heterocycles. The molecule has 0 radical (unpaired) electrons. The number of Topliss-reactive ketones (excluding diaryl/α,β-unsaturated/α-hetero) is 2. The molecule has 0 spiro atoms. The van der Waals surface area contributed by atoms with Crippen LogP contribution < -0.4 is 10.6 Å². The average molecular weight is 1360 g/mol. The molecule has 0 bridgehead atoms. The van der Waals surface area contributed by atoms with E-state index in [-0.39, 0.29) is 62.9 Å². The number of likely N-dealkylation sites (N-methyl/N-ethyl adjacent to an activating group) is 7. The molecule has 2 fully saturated rings. The number of carbonyl (C=O) groups excluding carboxylic acids is 11. The summed E-state index contributed by atoms with van der Waals surface area (Å²) in [7, 11) is 10.1. The molecule has 0 unspecified atom stereocenters. The molecule has 0 aliphatic carbocycles. The number of carbonyl (C=O) groups is 11. The SMILES string of the molecule is CCC=CC[C@@H](C)[C@@H](O)[C@H]1C(=O)N[C@@H](CC)C(=O)N(C)[C@H](C)C(=O)N(C)[C@@H]([C@@H](C)OCCCCN2CCOCC2)C(=O)C[C@@H](C(C)C)C(=O)N(C)[C@@H](CC(C)C)C(=O)C[C@@H](C)C(=O)N[C@H](C)C(=O)N(C)[C@@H](CC(C)C)C(=O)N(C)[C@@H](CC(C)C)C(=O)N(C)[C@@H](C(C)C)C(=O)N1C. The second kappa shape index (κ2) is 40.9. The highest BCUT2D eigenvalue weighted by Gasteiger charge is 2.46. The van der Waals surface area contributed by atoms with Crippen LogP contribution in [-0.2, 0) is 62.2 Å². The highest BCUT2D eigenvalue weighted by molar-refractivity contribution is 6.00. The maximum atomic E-state index is 15.3. The van der Waals surface area contributed by atoms with Gasteiger partial charge >= 0.3 is 0 Å². The lowest BCUT2D eigenvalue weighted by atomic mass is 9.85. The first kappa shape index (κ1) is 86.2. The molecule has 0 saturated carbocycles. The van der Waals surface area contributed by atoms with E-state index in [0.717, 1.165) is 31.0 Å². The number of unbranched alkanes of at least 4 members (excludes halogenated alkanes) is 1. The van der Waals surface area contributed by atoms with Crippen molar-refractivity contribution in [3.05, 3.63) is 12.2 Å². The third-order valence-electron chi connectivity index (χ3n) is 19.4. The summed E-state index contributed by atoms with van der Waals surface area (Å²) in [5, 5.41) is 17.9. The molecule has 24 nitrogen and oxygen atoms in total. The van der Waals surface area contributed by atoms with Gasteiger partial charge in [-0.05, 0) is 114 Å². The Hall–Kier alpha value is -5.85. The van der Waals surface area contributed by atoms with Crippen molar-refractivity contribution in [2.45, 2.75) is 248 Å². The molecule has 2 aliphatic rings. The minimum atomic E-state index is -1.63. The van der Waals surface area contributed by atoms with E-state index < -0.39 is 161 Å². The van der Waals surface area contributed by atoms with Gasteiger partial charge in [-0.25, -0.2) is 0 Å². The lowest BCUT2D eigenvalue weighted by Crippen LogP contribution is -2.64. The zero-order valence-corrected chi connectivity index (χ0v) is 63.3. The van der Waals surface area contributed by atoms with Gasteiger partial charge in [-0.15, -0.1) is 0 Å². The minimum absolute atomic E-state index is 0.00548. The number of rotatable bonds is 21. The topological polar surface area (TPSA) is 276 Å². The fourth-order valence-electron chi connectivity index (χ4n) is 13.0. The number of aliphatic hydroxyl groups is 1. The highest BCUT2D eigenvalue weighted by atomic mass is 16.5. The fraction of sp³-hybridized carbons (Fsp3) is 0.819. The van der Waals surface area contributed by atoms with Gasteiger partial charge in [-0.2, -0.15) is 0 Å². The Balaban J connectivity index is 3.02. The largest absolute Gasteiger partial charge is 0.390 e. The van der Waals surface area contributed by atoms with E-state index in [9.17, 15) is 24.3 Å². The molecule has 3 N–H and O–H groups in total. The van der Waals surface area contributed by atoms with E-state index in [2.05, 4.69) is 15.5 Å². The Morgan fingerprint density at radius 2 is 1.02 bits per heavy atom. The molecular formula is C72H128N10O14. The zero-order valence-electron chi connectivity index (χ0n) is 63.3. The van der Waals surface area contributed by atoms with Gasteiger partial charge in [-0.3, -0.25) is 57.6 Å². The van der Waals surface area contributed by atoms with E-state index in [1.807, 2.05) is 60.6 Å². The Labute approximate surface area is 576 Å². The van der Waals surface area contributed by atoms with E-state index in [1.165, 1.54) is 92.6 Å². The van der Waals surface area contributed by atoms with Gasteiger partial charge in [0.2, 0.25) is 53.2 Å². The van der Waals surface area contributed by atoms with E-state index in [1.54, 1.807) is 55.4 Å². The molecule has 96 heavy (non-hydrogen) atoms. The second-order valence-corrected chi connectivity index (χ2v) is 29.4. The number of nitrogens with zero attached hydrogens (tertiary/aromatic N) is 8. The smallest absolute Gasteiger partial charge is 0.246 e. The first-order valence-corrected chi connectivity index (χ1v) is 35.5. The van der Waals surface area contributed by atoms with Crippen LogP contribution in [0.25, 0.3) is 0 Å². The van der Waals surface area contributed by atoms with Crippen LogP contribution in [0.5, 0.6) is 0 Å². The Morgan fingerprint density at radius 1 is 0.521 bits per heavy atom. The van der Waals surface area contributed by atoms with Crippen molar-refractivity contribution in [1.82, 2.24) is 49.8 Å². The zero-order chi connectivity index (χ0) is 73.5. The molecule has 550 valence electrons. The molecular weight excluding hydrogens is 1230 g/mol. The van der Waals surface area contributed by atoms with Crippen LogP contribution in [0.15, 0.2) is 12.2 Å². The van der Waals surface area contributed by atoms with Gasteiger partial charge in [0.25, 0.3) is 0 Å². The van der Waals surface area contributed by atoms with E-state index in [4.69, 9.17) is 9.47 Å². The summed E-state index contributed by atoms with van der Waals surface area (Å²) in [6.07, 6.45) is 3.68. The number of nitrogens with one attached hydrogen (secondary N) is 2. The molecule has 2 rings (SSSR count). The molecule has 2 heterocycles. The Morgan fingerprint density at radius 3 is 1.53 bits per heavy atom. The summed E-state index contributed by atoms with van der Waals surface area (Å²) in [6, 6.07) is -11.2. The molecule has 14 atom stereocenters. The second-order valence-electron chi connectivity index (χ2n) is 29.4. The number of morpholine rings is 1. The van der Waals surface area contributed by atoms with Crippen molar-refractivity contribution in [3.8, 4) is 0 Å². The van der Waals surface area contributed by atoms with Crippen LogP contribution in [0.4, 0.5) is 0 Å². The normalized spacial score (nSPS) is 27.6. The van der Waals surface area contributed by atoms with Gasteiger partial charge in [-0.1, -0.05) is 109 Å². The fourth-order valence-corrected chi connectivity index (χ4v) is 13.0. The van der Waals surface area contributed by atoms with Crippen molar-refractivity contribution in [1.29, 1.82) is 0 Å². The van der Waals surface area contributed by atoms with Crippen LogP contribution >= 0.6 is 0 Å². The first-order valence-electron chi connectivity index (χ1n) is 35.5. The van der Waals surface area contributed by atoms with Gasteiger partial charge in [0.05, 0.1) is 31.5 Å². The van der Waals surface area contributed by atoms with Crippen LogP contribution in [-0.4, -0.2) is 264 Å². The minimum Gasteiger partial charge on any atom is -0.390 e. The van der Waals surface area contributed by atoms with E-state index >= 15 is 33.6 Å². The molecule has 0 aromatic carbocycles. The van der Waals surface area contributed by atoms with Crippen LogP contribution in [0.1, 0.15) is 182 Å². The first-order chi connectivity index (χ1) is 44.7. The molecule has 2 aliphatic heterocycles. The molecule has 0 aromatic heterocycles. The molecule has 24 heteroatoms. The highest BCUT2D eigenvalue weighted by Crippen LogP contribution is 2.29. The third-order valence-corrected chi connectivity index (χ3v) is 19.4. The number of hydrogen-bond acceptors (Lipinski definition) is 15. The van der Waals surface area contributed by atoms with Gasteiger partial charge in [0.15, 0.2) is 11.6 Å². The lowest BCUT2D eigenvalue weighted by molar-refractivity contribution is -0.157. The molecule has 9 amide bonds. The summed E-state index contributed by atoms with van der Waals surface area (Å²) in [5.74, 6) is -10.8. The number of hydrogen-bond donors (Lipinski definition) is 3. The van der Waals surface area contributed by atoms with Gasteiger partial charge < -0.3 is 59.5 Å². The van der Waals surface area contributed by atoms with Crippen LogP contribution in [0.2, 0.25) is 0 Å². The van der Waals surface area contributed by atoms with E-state index in [0.29, 0.717) is 32.5 Å². The number of allylic oxidation sites excluding steroid dienone is 2. The lowest BCUT2D eigenvalue weighted by Gasteiger charge is -2.41. The number of amides is 9. The summed E-state index contributed by atoms with van der Waals surface area (Å²) in [4.78, 5) is 175. The van der Waals surface area contributed by atoms with Gasteiger partial charge in [0, 0.05) is 93.7 Å². The van der Waals surface area contributed by atoms with Crippen molar-refractivity contribution < 1.29 is 67.3 Å². The van der Waals surface area contributed by atoms with Crippen LogP contribution in [0.3, 0.4) is 0 Å². The van der Waals surface area contributed by atoms with Crippen molar-refractivity contribution in [3.63, 3.8) is 0 Å². The predicted molar refractivity (Wildman–Crippen MR) is 372 cm³/mol. The number of aliphatic hydroxyl groups excluding tert-OH is 1. The number of ketones is 2. The number of ether oxygens (including phenoxy) is 2. The predicted octanol–water partition coefficient (Wildman–Crippen LogP) is 5.70. The monoisotopic (exact) mass is 1360 g/mol. The average Bonchev–Trinajstić information content (AvgIpc) is 0.874. The Bertz CT molecular complexity index is 2590. The summed E-state index contributed by atoms with van der Waals surface area (Å²) in [5.41, 5.74) is 0. The standard InChI is InChI=1S/C72H128N10O14/c1-25-27-28-31-48(13)63(85)62-65(87)74-54(26-2)69(91)75(18)51(16)67(89)80(23)61(52(17)96-35-30-29-32-82-33-36-95-37-34-82)59(84)42-53(46(9)10)68(90)76(19)55(38-43(3)4)58(83)41-49(14)64(86)73-50(15)66(88)77(20)56(39-44(5)6)70(92)78(21)57(40-45(7)8)71(93)79(22)60(47(11)12)72(94)81(62)24/h27-28,43-57,60-63,85H,25-26,29-42H2,1-24H3,(H,73,86)(H,74,87)/t48-,49-,50-,51-,52-,53+,54+,55+,56+,57+,60+,61+,62+,63-/m1/s1. The third kappa shape index (κ3) is 24.5. The molecule has 0 aromatic rings. The maximum Gasteiger partial charge on any atom is 0.246 e. The Kier molecular flexibility index (Phi) is 36.7. The summed E-state index contributed by atoms with van der Waals surface area (Å²) >= 11 is 0. The van der Waals surface area contributed by atoms with Gasteiger partial charge in [0.1, 0.15) is 48.3 Å². The maximum absolute atomic E-state index is 15.3. The summed E-state index contributed by atoms with van der Waals surface area (Å²) < 4.78 is 11.9.